The van der Waals surface area contributed by atoms with Gasteiger partial charge in [-0.3, -0.25) is 38.6 Å². The maximum atomic E-state index is 12.8. The summed E-state index contributed by atoms with van der Waals surface area (Å²) in [7, 11) is -4.04. The van der Waals surface area contributed by atoms with Crippen LogP contribution in [0.4, 0.5) is 0 Å². The zero-order chi connectivity index (χ0) is 23.9. The Morgan fingerprint density at radius 3 is 1.69 bits per heavy atom. The highest BCUT2D eigenvalue weighted by Crippen LogP contribution is 2.09. The first kappa shape index (κ1) is 24.9. The molecule has 0 spiro atoms. The van der Waals surface area contributed by atoms with Gasteiger partial charge in [-0.05, 0) is 0 Å². The lowest BCUT2D eigenvalue weighted by Gasteiger charge is -2.26. The van der Waals surface area contributed by atoms with E-state index in [0.29, 0.717) is 0 Å². The fourth-order valence-corrected chi connectivity index (χ4v) is 4.21. The van der Waals surface area contributed by atoms with Crippen molar-refractivity contribution >= 4 is 45.5 Å². The average molecular weight is 470 g/mol. The third-order valence-corrected chi connectivity index (χ3v) is 6.46. The van der Waals surface area contributed by atoms with Crippen molar-refractivity contribution in [3.63, 3.8) is 0 Å². The Morgan fingerprint density at radius 2 is 1.28 bits per heavy atom. The van der Waals surface area contributed by atoms with E-state index in [1.54, 1.807) is 0 Å². The summed E-state index contributed by atoms with van der Waals surface area (Å²) in [5.74, 6) is -4.71. The van der Waals surface area contributed by atoms with Crippen molar-refractivity contribution in [2.45, 2.75) is 12.8 Å². The molecule has 0 aromatic heterocycles. The van der Waals surface area contributed by atoms with E-state index in [9.17, 15) is 37.2 Å². The van der Waals surface area contributed by atoms with Crippen LogP contribution in [0.25, 0.3) is 0 Å². The fraction of sp³-hybridized carbons (Fsp3) is 0.444. The molecule has 174 valence electrons. The zero-order valence-corrected chi connectivity index (χ0v) is 17.7. The smallest absolute Gasteiger partial charge is 0.303 e. The van der Waals surface area contributed by atoms with E-state index in [-0.39, 0.29) is 39.1 Å². The second-order valence-electron chi connectivity index (χ2n) is 6.78. The first-order chi connectivity index (χ1) is 15.0. The zero-order valence-electron chi connectivity index (χ0n) is 16.9. The minimum atomic E-state index is -4.04. The molecule has 0 radical (unpaired) electrons. The molecule has 0 aromatic carbocycles. The van der Waals surface area contributed by atoms with Crippen molar-refractivity contribution in [1.29, 1.82) is 0 Å². The Bertz CT molecular complexity index is 904. The fourth-order valence-electron chi connectivity index (χ4n) is 2.87. The molecule has 2 aliphatic heterocycles. The van der Waals surface area contributed by atoms with Crippen LogP contribution in [0.1, 0.15) is 12.8 Å². The molecular weight excluding hydrogens is 448 g/mol. The molecule has 0 aromatic rings. The Kier molecular flexibility index (Phi) is 8.37. The summed E-state index contributed by atoms with van der Waals surface area (Å²) >= 11 is 0. The SMILES string of the molecule is O=C(O)CCC(=O)NCCS(=O)(=O)N(CCN1C(=O)C=CC1=O)CCN1C(=O)C=CC1=O. The molecular formula is C18H22N4O9S. The Hall–Kier alpha value is -3.39. The highest BCUT2D eigenvalue weighted by atomic mass is 32.2. The summed E-state index contributed by atoms with van der Waals surface area (Å²) in [6.07, 6.45) is 3.52. The number of carbonyl (C=O) groups excluding carboxylic acids is 5. The van der Waals surface area contributed by atoms with Gasteiger partial charge < -0.3 is 10.4 Å². The van der Waals surface area contributed by atoms with Gasteiger partial charge in [-0.25, -0.2) is 8.42 Å². The molecule has 2 heterocycles. The van der Waals surface area contributed by atoms with Crippen LogP contribution in [0, 0.1) is 0 Å². The number of amides is 5. The maximum absolute atomic E-state index is 12.8. The number of carboxylic acid groups (broad SMARTS) is 1. The van der Waals surface area contributed by atoms with Crippen LogP contribution < -0.4 is 5.32 Å². The number of aliphatic carboxylic acids is 1. The van der Waals surface area contributed by atoms with E-state index in [1.165, 1.54) is 0 Å². The van der Waals surface area contributed by atoms with E-state index in [2.05, 4.69) is 5.32 Å². The molecule has 0 unspecified atom stereocenters. The van der Waals surface area contributed by atoms with Crippen LogP contribution in [0.5, 0.6) is 0 Å². The molecule has 2 N–H and O–H groups in total. The van der Waals surface area contributed by atoms with E-state index < -0.39 is 57.7 Å². The molecule has 2 rings (SSSR count). The minimum Gasteiger partial charge on any atom is -0.481 e. The van der Waals surface area contributed by atoms with Crippen molar-refractivity contribution in [3.05, 3.63) is 24.3 Å². The molecule has 14 heteroatoms. The number of nitrogens with one attached hydrogen (secondary N) is 1. The summed E-state index contributed by atoms with van der Waals surface area (Å²) < 4.78 is 26.5. The van der Waals surface area contributed by atoms with Gasteiger partial charge in [-0.15, -0.1) is 0 Å². The van der Waals surface area contributed by atoms with Crippen LogP contribution in [-0.2, 0) is 38.8 Å². The van der Waals surface area contributed by atoms with Crippen molar-refractivity contribution < 1.29 is 42.3 Å². The minimum absolute atomic E-state index is 0.241. The van der Waals surface area contributed by atoms with Crippen LogP contribution in [-0.4, -0.2) is 102 Å². The predicted molar refractivity (Wildman–Crippen MR) is 107 cm³/mol. The number of nitrogens with zero attached hydrogens (tertiary/aromatic N) is 3. The standard InChI is InChI=1S/C18H22N4O9S/c23-13(1-6-18(28)29)19-7-12-32(30,31)20(8-10-21-14(24)2-3-15(21)25)9-11-22-16(26)4-5-17(22)27/h2-5H,1,6-12H2,(H,19,23)(H,28,29). The Balaban J connectivity index is 1.99. The van der Waals surface area contributed by atoms with Crippen molar-refractivity contribution in [2.24, 2.45) is 0 Å². The summed E-state index contributed by atoms with van der Waals surface area (Å²) in [4.78, 5) is 70.6. The lowest BCUT2D eigenvalue weighted by atomic mass is 10.3. The largest absolute Gasteiger partial charge is 0.481 e. The lowest BCUT2D eigenvalue weighted by molar-refractivity contribution is -0.139. The Morgan fingerprint density at radius 1 is 0.844 bits per heavy atom. The number of carboxylic acids is 1. The number of hydrogen-bond acceptors (Lipinski definition) is 8. The van der Waals surface area contributed by atoms with Crippen LogP contribution in [0.15, 0.2) is 24.3 Å². The van der Waals surface area contributed by atoms with Gasteiger partial charge in [-0.1, -0.05) is 0 Å². The normalized spacial score (nSPS) is 16.0. The number of imide groups is 2. The summed E-state index contributed by atoms with van der Waals surface area (Å²) in [6.45, 7) is -1.34. The first-order valence-corrected chi connectivity index (χ1v) is 11.2. The number of sulfonamides is 1. The quantitative estimate of drug-likeness (QED) is 0.274. The van der Waals surface area contributed by atoms with Crippen LogP contribution in [0.2, 0.25) is 0 Å². The third kappa shape index (κ3) is 6.81. The second-order valence-corrected chi connectivity index (χ2v) is 8.87. The monoisotopic (exact) mass is 470 g/mol. The molecule has 0 saturated heterocycles. The molecule has 13 nitrogen and oxygen atoms in total. The summed E-state index contributed by atoms with van der Waals surface area (Å²) in [5.41, 5.74) is 0. The van der Waals surface area contributed by atoms with E-state index in [1.807, 2.05) is 0 Å². The van der Waals surface area contributed by atoms with Gasteiger partial charge in [0.1, 0.15) is 0 Å². The Labute approximate surface area is 183 Å². The van der Waals surface area contributed by atoms with E-state index in [0.717, 1.165) is 38.4 Å². The van der Waals surface area contributed by atoms with Gasteiger partial charge >= 0.3 is 5.97 Å². The highest BCUT2D eigenvalue weighted by Gasteiger charge is 2.30. The van der Waals surface area contributed by atoms with Gasteiger partial charge in [0.2, 0.25) is 15.9 Å². The highest BCUT2D eigenvalue weighted by molar-refractivity contribution is 7.89. The topological polar surface area (TPSA) is 179 Å². The first-order valence-electron chi connectivity index (χ1n) is 9.54. The molecule has 5 amide bonds. The number of rotatable bonds is 13. The van der Waals surface area contributed by atoms with Gasteiger partial charge in [0.05, 0.1) is 12.2 Å². The molecule has 0 fully saturated rings. The lowest BCUT2D eigenvalue weighted by Crippen LogP contribution is -2.46. The van der Waals surface area contributed by atoms with Crippen molar-refractivity contribution in [2.75, 3.05) is 38.5 Å². The number of carbonyl (C=O) groups is 6. The van der Waals surface area contributed by atoms with Crippen LogP contribution >= 0.6 is 0 Å². The van der Waals surface area contributed by atoms with Crippen molar-refractivity contribution in [3.8, 4) is 0 Å². The van der Waals surface area contributed by atoms with E-state index in [4.69, 9.17) is 5.11 Å². The molecule has 0 atom stereocenters. The van der Waals surface area contributed by atoms with Gasteiger partial charge in [-0.2, -0.15) is 4.31 Å². The predicted octanol–water partition coefficient (Wildman–Crippen LogP) is -2.55. The van der Waals surface area contributed by atoms with Gasteiger partial charge in [0, 0.05) is 63.4 Å². The maximum Gasteiger partial charge on any atom is 0.303 e. The van der Waals surface area contributed by atoms with Crippen molar-refractivity contribution in [1.82, 2.24) is 19.4 Å². The molecule has 2 aliphatic rings. The molecule has 0 aliphatic carbocycles. The number of hydrogen-bond donors (Lipinski definition) is 2. The summed E-state index contributed by atoms with van der Waals surface area (Å²) in [6, 6.07) is 0. The molecule has 0 bridgehead atoms. The van der Waals surface area contributed by atoms with E-state index >= 15 is 0 Å². The van der Waals surface area contributed by atoms with Crippen LogP contribution in [0.3, 0.4) is 0 Å². The second kappa shape index (κ2) is 10.8. The molecule has 0 saturated carbocycles. The van der Waals surface area contributed by atoms with Gasteiger partial charge in [0.15, 0.2) is 0 Å². The molecule has 32 heavy (non-hydrogen) atoms. The summed E-state index contributed by atoms with van der Waals surface area (Å²) in [5, 5.41) is 10.9. The average Bonchev–Trinajstić information content (AvgIpc) is 3.21. The third-order valence-electron chi connectivity index (χ3n) is 4.59. The van der Waals surface area contributed by atoms with Gasteiger partial charge in [0.25, 0.3) is 23.6 Å².